The molecule has 0 bridgehead atoms. The van der Waals surface area contributed by atoms with Crippen LogP contribution < -0.4 is 10.1 Å². The lowest BCUT2D eigenvalue weighted by Gasteiger charge is -2.12. The molecule has 0 saturated heterocycles. The Bertz CT molecular complexity index is 619. The van der Waals surface area contributed by atoms with E-state index in [2.05, 4.69) is 5.32 Å². The molecule has 0 aromatic heterocycles. The van der Waals surface area contributed by atoms with Gasteiger partial charge in [-0.1, -0.05) is 0 Å². The van der Waals surface area contributed by atoms with Crippen LogP contribution >= 0.6 is 10.7 Å². The molecule has 1 N–H and O–H groups in total. The number of carbonyl (C=O) groups excluding carboxylic acids is 1. The van der Waals surface area contributed by atoms with Crippen LogP contribution in [0, 0.1) is 11.6 Å². The molecule has 112 valence electrons. The Kier molecular flexibility index (Phi) is 5.29. The summed E-state index contributed by atoms with van der Waals surface area (Å²) in [4.78, 5) is 10.5. The molecule has 0 spiro atoms. The van der Waals surface area contributed by atoms with Crippen LogP contribution in [0.5, 0.6) is 5.75 Å². The van der Waals surface area contributed by atoms with Crippen LogP contribution in [0.1, 0.15) is 13.8 Å². The van der Waals surface area contributed by atoms with E-state index < -0.39 is 43.8 Å². The summed E-state index contributed by atoms with van der Waals surface area (Å²) in [6, 6.07) is 0.780. The maximum Gasteiger partial charge on any atom is 0.265 e. The number of carbonyl (C=O) groups is 1. The summed E-state index contributed by atoms with van der Waals surface area (Å²) < 4.78 is 53.8. The first-order valence-electron chi connectivity index (χ1n) is 5.47. The minimum atomic E-state index is -4.41. The molecule has 5 nitrogen and oxygen atoms in total. The van der Waals surface area contributed by atoms with E-state index in [0.717, 1.165) is 0 Å². The molecule has 0 fully saturated rings. The van der Waals surface area contributed by atoms with Crippen molar-refractivity contribution in [2.45, 2.75) is 24.8 Å². The van der Waals surface area contributed by atoms with E-state index in [1.807, 2.05) is 0 Å². The van der Waals surface area contributed by atoms with Crippen LogP contribution in [-0.4, -0.2) is 27.0 Å². The van der Waals surface area contributed by atoms with E-state index in [1.54, 1.807) is 13.8 Å². The Morgan fingerprint density at radius 1 is 1.40 bits per heavy atom. The topological polar surface area (TPSA) is 72.5 Å². The monoisotopic (exact) mass is 327 g/mol. The normalized spacial score (nSPS) is 11.5. The van der Waals surface area contributed by atoms with Crippen molar-refractivity contribution in [3.05, 3.63) is 23.8 Å². The van der Waals surface area contributed by atoms with Gasteiger partial charge >= 0.3 is 0 Å². The second-order valence-electron chi connectivity index (χ2n) is 4.16. The average Bonchev–Trinajstić information content (AvgIpc) is 2.24. The molecule has 1 aromatic carbocycles. The van der Waals surface area contributed by atoms with Gasteiger partial charge < -0.3 is 10.1 Å². The number of nitrogens with one attached hydrogen (secondary N) is 1. The second kappa shape index (κ2) is 6.36. The van der Waals surface area contributed by atoms with Gasteiger partial charge in [-0.25, -0.2) is 17.2 Å². The van der Waals surface area contributed by atoms with Gasteiger partial charge in [-0.2, -0.15) is 0 Å². The van der Waals surface area contributed by atoms with Crippen molar-refractivity contribution >= 4 is 25.6 Å². The lowest BCUT2D eigenvalue weighted by Crippen LogP contribution is -2.34. The van der Waals surface area contributed by atoms with Crippen molar-refractivity contribution in [3.8, 4) is 5.75 Å². The highest BCUT2D eigenvalue weighted by Gasteiger charge is 2.23. The van der Waals surface area contributed by atoms with Crippen LogP contribution in [0.25, 0.3) is 0 Å². The van der Waals surface area contributed by atoms with Crippen molar-refractivity contribution in [1.29, 1.82) is 0 Å². The van der Waals surface area contributed by atoms with Gasteiger partial charge in [0.15, 0.2) is 18.2 Å². The van der Waals surface area contributed by atoms with Gasteiger partial charge in [-0.3, -0.25) is 4.79 Å². The highest BCUT2D eigenvalue weighted by Crippen LogP contribution is 2.30. The van der Waals surface area contributed by atoms with E-state index >= 15 is 0 Å². The zero-order valence-electron chi connectivity index (χ0n) is 10.6. The standard InChI is InChI=1S/C11H12ClF2NO4S/c1-6(2)15-10(16)5-19-11-8(14)3-7(13)4-9(11)20(12,17)18/h3-4,6H,5H2,1-2H3,(H,15,16). The van der Waals surface area contributed by atoms with Crippen molar-refractivity contribution in [2.75, 3.05) is 6.61 Å². The largest absolute Gasteiger partial charge is 0.479 e. The molecule has 0 radical (unpaired) electrons. The Balaban J connectivity index is 3.03. The summed E-state index contributed by atoms with van der Waals surface area (Å²) in [7, 11) is 0.652. The first kappa shape index (κ1) is 16.6. The van der Waals surface area contributed by atoms with E-state index in [-0.39, 0.29) is 6.04 Å². The number of hydrogen-bond acceptors (Lipinski definition) is 4. The summed E-state index contributed by atoms with van der Waals surface area (Å²) in [6.45, 7) is 2.77. The van der Waals surface area contributed by atoms with Crippen molar-refractivity contribution in [1.82, 2.24) is 5.32 Å². The number of benzene rings is 1. The Labute approximate surface area is 119 Å². The van der Waals surface area contributed by atoms with Gasteiger partial charge in [-0.15, -0.1) is 0 Å². The molecule has 20 heavy (non-hydrogen) atoms. The van der Waals surface area contributed by atoms with E-state index in [0.29, 0.717) is 12.1 Å². The fraction of sp³-hybridized carbons (Fsp3) is 0.364. The number of amides is 1. The molecule has 0 saturated carbocycles. The first-order chi connectivity index (χ1) is 9.11. The van der Waals surface area contributed by atoms with Crippen molar-refractivity contribution in [2.24, 2.45) is 0 Å². The number of halogens is 3. The number of rotatable bonds is 5. The van der Waals surface area contributed by atoms with Gasteiger partial charge in [-0.05, 0) is 19.9 Å². The molecule has 1 amide bonds. The fourth-order valence-electron chi connectivity index (χ4n) is 1.36. The lowest BCUT2D eigenvalue weighted by atomic mass is 10.3. The third-order valence-corrected chi connectivity index (χ3v) is 3.36. The molecule has 0 atom stereocenters. The smallest absolute Gasteiger partial charge is 0.265 e. The minimum Gasteiger partial charge on any atom is -0.479 e. The Morgan fingerprint density at radius 3 is 2.50 bits per heavy atom. The van der Waals surface area contributed by atoms with Crippen LogP contribution in [0.4, 0.5) is 8.78 Å². The summed E-state index contributed by atoms with van der Waals surface area (Å²) in [5.74, 6) is -3.76. The maximum atomic E-state index is 13.5. The van der Waals surface area contributed by atoms with Gasteiger partial charge in [0.2, 0.25) is 0 Å². The van der Waals surface area contributed by atoms with Crippen LogP contribution in [0.2, 0.25) is 0 Å². The number of ether oxygens (including phenoxy) is 1. The maximum absolute atomic E-state index is 13.5. The Morgan fingerprint density at radius 2 is 2.00 bits per heavy atom. The number of hydrogen-bond donors (Lipinski definition) is 1. The molecule has 0 aliphatic carbocycles. The van der Waals surface area contributed by atoms with E-state index in [9.17, 15) is 22.0 Å². The molecule has 0 aliphatic rings. The molecule has 0 heterocycles. The average molecular weight is 328 g/mol. The lowest BCUT2D eigenvalue weighted by molar-refractivity contribution is -0.123. The highest BCUT2D eigenvalue weighted by molar-refractivity contribution is 8.13. The summed E-state index contributed by atoms with van der Waals surface area (Å²) >= 11 is 0. The molecule has 1 aromatic rings. The van der Waals surface area contributed by atoms with Gasteiger partial charge in [0.1, 0.15) is 10.7 Å². The van der Waals surface area contributed by atoms with Crippen molar-refractivity contribution < 1.29 is 26.7 Å². The predicted octanol–water partition coefficient (Wildman–Crippen LogP) is 1.80. The van der Waals surface area contributed by atoms with Crippen LogP contribution in [0.15, 0.2) is 17.0 Å². The zero-order chi connectivity index (χ0) is 15.5. The Hall–Kier alpha value is -1.41. The summed E-state index contributed by atoms with van der Waals surface area (Å²) in [5, 5.41) is 2.46. The molecular formula is C11H12ClF2NO4S. The summed E-state index contributed by atoms with van der Waals surface area (Å²) in [6.07, 6.45) is 0. The highest BCUT2D eigenvalue weighted by atomic mass is 35.7. The van der Waals surface area contributed by atoms with E-state index in [1.165, 1.54) is 0 Å². The second-order valence-corrected chi connectivity index (χ2v) is 6.70. The molecular weight excluding hydrogens is 316 g/mol. The van der Waals surface area contributed by atoms with Crippen LogP contribution in [-0.2, 0) is 13.8 Å². The molecule has 9 heteroatoms. The molecule has 1 rings (SSSR count). The van der Waals surface area contributed by atoms with E-state index in [4.69, 9.17) is 15.4 Å². The fourth-order valence-corrected chi connectivity index (χ4v) is 2.33. The predicted molar refractivity (Wildman–Crippen MR) is 68.2 cm³/mol. The molecule has 0 aliphatic heterocycles. The van der Waals surface area contributed by atoms with Crippen molar-refractivity contribution in [3.63, 3.8) is 0 Å². The quantitative estimate of drug-likeness (QED) is 0.837. The van der Waals surface area contributed by atoms with Gasteiger partial charge in [0, 0.05) is 22.8 Å². The third-order valence-electron chi connectivity index (χ3n) is 2.03. The van der Waals surface area contributed by atoms with Gasteiger partial charge in [0.25, 0.3) is 15.0 Å². The molecule has 0 unspecified atom stereocenters. The minimum absolute atomic E-state index is 0.166. The third kappa shape index (κ3) is 4.61. The zero-order valence-corrected chi connectivity index (χ0v) is 12.2. The summed E-state index contributed by atoms with van der Waals surface area (Å²) in [5.41, 5.74) is 0. The SMILES string of the molecule is CC(C)NC(=O)COc1c(F)cc(F)cc1S(=O)(=O)Cl. The van der Waals surface area contributed by atoms with Gasteiger partial charge in [0.05, 0.1) is 0 Å². The van der Waals surface area contributed by atoms with Crippen LogP contribution in [0.3, 0.4) is 0 Å². The first-order valence-corrected chi connectivity index (χ1v) is 7.78.